The Morgan fingerprint density at radius 2 is 0.940 bits per heavy atom. The number of carbonyl (C=O) groups excluding carboxylic acids is 4. The SMILES string of the molecule is O=C(O)CC[C@H](NC(=O)N[C@@H](CCCCNC(=O)C1CCC(CNC(=O)C2CCC(CNC(=O)CNCCN(CCN(CCNCC(=O)O)CC(=O)O)CC(=O)O)CC2)CC1)C(=O)O)C(=O)O. The minimum atomic E-state index is -1.50. The molecular formula is C42H71N9O16. The Kier molecular flexibility index (Phi) is 27.5. The maximum absolute atomic E-state index is 13.0. The van der Waals surface area contributed by atoms with E-state index in [1.165, 1.54) is 0 Å². The first-order valence-corrected chi connectivity index (χ1v) is 22.9. The van der Waals surface area contributed by atoms with E-state index in [4.69, 9.17) is 10.2 Å². The lowest BCUT2D eigenvalue weighted by Crippen LogP contribution is -2.51. The fraction of sp³-hybridized carbons (Fsp3) is 0.762. The Bertz CT molecular complexity index is 1640. The van der Waals surface area contributed by atoms with Gasteiger partial charge in [-0.1, -0.05) is 0 Å². The van der Waals surface area contributed by atoms with E-state index in [9.17, 15) is 68.4 Å². The summed E-state index contributed by atoms with van der Waals surface area (Å²) in [5, 5.41) is 73.7. The van der Waals surface area contributed by atoms with Gasteiger partial charge in [-0.05, 0) is 88.9 Å². The summed E-state index contributed by atoms with van der Waals surface area (Å²) in [6.07, 6.45) is 5.77. The Balaban J connectivity index is 1.58. The predicted molar refractivity (Wildman–Crippen MR) is 237 cm³/mol. The van der Waals surface area contributed by atoms with Gasteiger partial charge in [-0.15, -0.1) is 0 Å². The van der Waals surface area contributed by atoms with Crippen molar-refractivity contribution < 1.29 is 78.6 Å². The topological polar surface area (TPSA) is 383 Å². The third-order valence-electron chi connectivity index (χ3n) is 11.9. The average Bonchev–Trinajstić information content (AvgIpc) is 3.27. The van der Waals surface area contributed by atoms with Crippen LogP contribution < -0.4 is 37.2 Å². The zero-order valence-electron chi connectivity index (χ0n) is 38.0. The van der Waals surface area contributed by atoms with Crippen LogP contribution in [0.3, 0.4) is 0 Å². The van der Waals surface area contributed by atoms with Crippen molar-refractivity contribution in [2.75, 3.05) is 85.1 Å². The number of amides is 5. The lowest BCUT2D eigenvalue weighted by Gasteiger charge is -2.30. The third-order valence-corrected chi connectivity index (χ3v) is 11.9. The maximum atomic E-state index is 13.0. The van der Waals surface area contributed by atoms with Gasteiger partial charge in [0.05, 0.1) is 26.2 Å². The Labute approximate surface area is 388 Å². The van der Waals surface area contributed by atoms with E-state index in [0.717, 1.165) is 25.7 Å². The zero-order chi connectivity index (χ0) is 49.7. The lowest BCUT2D eigenvalue weighted by atomic mass is 9.80. The second kappa shape index (κ2) is 32.1. The van der Waals surface area contributed by atoms with Gasteiger partial charge >= 0.3 is 41.8 Å². The molecule has 0 radical (unpaired) electrons. The molecule has 0 unspecified atom stereocenters. The summed E-state index contributed by atoms with van der Waals surface area (Å²) >= 11 is 0. The van der Waals surface area contributed by atoms with Crippen LogP contribution in [0.15, 0.2) is 0 Å². The predicted octanol–water partition coefficient (Wildman–Crippen LogP) is -1.77. The first-order chi connectivity index (χ1) is 31.8. The standard InChI is InChI=1S/C42H71N9O16/c52-33(23-43-15-17-50(25-36(57)58)19-20-51(26-37(59)60)18-16-44-24-35(55)56)46-21-27-4-10-30(11-5-27)39(62)47-22-28-6-8-29(9-7-28)38(61)45-14-2-1-3-31(40(63)64)48-42(67)49-32(41(65)66)12-13-34(53)54/h27-32,43-44H,1-26H2,(H,45,61)(H,46,52)(H,47,62)(H,53,54)(H,55,56)(H,57,58)(H,59,60)(H,63,64)(H,65,66)(H2,48,49,67)/t27?,28?,29?,30?,31-,32-/m0/s1. The van der Waals surface area contributed by atoms with Crippen molar-refractivity contribution in [3.63, 3.8) is 0 Å². The number of hydrogen-bond donors (Lipinski definition) is 13. The first kappa shape index (κ1) is 57.5. The van der Waals surface area contributed by atoms with E-state index in [0.29, 0.717) is 71.2 Å². The van der Waals surface area contributed by atoms with Crippen LogP contribution >= 0.6 is 0 Å². The van der Waals surface area contributed by atoms with Crippen LogP contribution in [-0.2, 0) is 43.2 Å². The van der Waals surface area contributed by atoms with Crippen molar-refractivity contribution in [1.29, 1.82) is 0 Å². The van der Waals surface area contributed by atoms with Crippen molar-refractivity contribution in [2.45, 2.75) is 95.6 Å². The highest BCUT2D eigenvalue weighted by atomic mass is 16.4. The van der Waals surface area contributed by atoms with Crippen LogP contribution in [0.4, 0.5) is 4.79 Å². The van der Waals surface area contributed by atoms with Gasteiger partial charge in [0.15, 0.2) is 0 Å². The highest BCUT2D eigenvalue weighted by Crippen LogP contribution is 2.30. The van der Waals surface area contributed by atoms with Crippen LogP contribution in [0.1, 0.15) is 83.5 Å². The van der Waals surface area contributed by atoms with Gasteiger partial charge in [0.2, 0.25) is 17.7 Å². The number of aliphatic carboxylic acids is 6. The summed E-state index contributed by atoms with van der Waals surface area (Å²) in [6, 6.07) is -3.87. The Morgan fingerprint density at radius 3 is 1.40 bits per heavy atom. The van der Waals surface area contributed by atoms with Gasteiger partial charge < -0.3 is 67.9 Å². The summed E-state index contributed by atoms with van der Waals surface area (Å²) in [5.74, 6) is -7.31. The molecule has 0 bridgehead atoms. The van der Waals surface area contributed by atoms with Gasteiger partial charge in [0.1, 0.15) is 12.1 Å². The molecule has 2 fully saturated rings. The number of rotatable bonds is 35. The summed E-state index contributed by atoms with van der Waals surface area (Å²) in [7, 11) is 0. The summed E-state index contributed by atoms with van der Waals surface area (Å²) in [5.41, 5.74) is 0. The average molecular weight is 958 g/mol. The monoisotopic (exact) mass is 958 g/mol. The third kappa shape index (κ3) is 26.3. The number of carbonyl (C=O) groups is 10. The fourth-order valence-corrected chi connectivity index (χ4v) is 8.01. The molecule has 0 spiro atoms. The van der Waals surface area contributed by atoms with E-state index in [-0.39, 0.29) is 107 Å². The van der Waals surface area contributed by atoms with E-state index in [1.54, 1.807) is 9.80 Å². The second-order valence-corrected chi connectivity index (χ2v) is 17.2. The molecule has 2 aliphatic rings. The van der Waals surface area contributed by atoms with Crippen molar-refractivity contribution in [2.24, 2.45) is 23.7 Å². The lowest BCUT2D eigenvalue weighted by molar-refractivity contribution is -0.141. The Hall–Kier alpha value is -5.66. The number of nitrogens with zero attached hydrogens (tertiary/aromatic N) is 2. The summed E-state index contributed by atoms with van der Waals surface area (Å²) in [4.78, 5) is 121. The van der Waals surface area contributed by atoms with Crippen LogP contribution in [0.25, 0.3) is 0 Å². The number of unbranched alkanes of at least 4 members (excludes halogenated alkanes) is 1. The number of carboxylic acid groups (broad SMARTS) is 6. The molecule has 0 aromatic rings. The van der Waals surface area contributed by atoms with Gasteiger partial charge in [-0.25, -0.2) is 14.4 Å². The van der Waals surface area contributed by atoms with Gasteiger partial charge in [-0.2, -0.15) is 0 Å². The van der Waals surface area contributed by atoms with Crippen LogP contribution in [0, 0.1) is 23.7 Å². The molecule has 25 heteroatoms. The molecule has 2 saturated carbocycles. The van der Waals surface area contributed by atoms with E-state index in [1.807, 2.05) is 0 Å². The van der Waals surface area contributed by atoms with E-state index in [2.05, 4.69) is 37.2 Å². The molecule has 13 N–H and O–H groups in total. The number of carboxylic acids is 6. The molecule has 0 aromatic heterocycles. The van der Waals surface area contributed by atoms with Crippen LogP contribution in [-0.4, -0.2) is 197 Å². The molecule has 0 heterocycles. The van der Waals surface area contributed by atoms with E-state index >= 15 is 0 Å². The normalized spacial score (nSPS) is 19.1. The van der Waals surface area contributed by atoms with E-state index < -0.39 is 60.4 Å². The number of nitrogens with one attached hydrogen (secondary N) is 7. The molecule has 2 aliphatic carbocycles. The molecule has 0 aromatic carbocycles. The minimum Gasteiger partial charge on any atom is -0.481 e. The molecule has 67 heavy (non-hydrogen) atoms. The minimum absolute atomic E-state index is 0.00648. The summed E-state index contributed by atoms with van der Waals surface area (Å²) in [6.45, 7) is 2.08. The molecule has 2 rings (SSSR count). The quantitative estimate of drug-likeness (QED) is 0.0313. The molecule has 25 nitrogen and oxygen atoms in total. The number of urea groups is 1. The highest BCUT2D eigenvalue weighted by molar-refractivity contribution is 5.86. The van der Waals surface area contributed by atoms with Crippen molar-refractivity contribution in [1.82, 2.24) is 47.0 Å². The zero-order valence-corrected chi connectivity index (χ0v) is 38.0. The van der Waals surface area contributed by atoms with Gasteiger partial charge in [-0.3, -0.25) is 43.4 Å². The second-order valence-electron chi connectivity index (χ2n) is 17.2. The molecular weight excluding hydrogens is 887 g/mol. The van der Waals surface area contributed by atoms with Crippen molar-refractivity contribution >= 4 is 59.6 Å². The van der Waals surface area contributed by atoms with Crippen LogP contribution in [0.2, 0.25) is 0 Å². The van der Waals surface area contributed by atoms with Gasteiger partial charge in [0, 0.05) is 77.2 Å². The highest BCUT2D eigenvalue weighted by Gasteiger charge is 2.30. The largest absolute Gasteiger partial charge is 0.481 e. The Morgan fingerprint density at radius 1 is 0.478 bits per heavy atom. The molecule has 2 atom stereocenters. The maximum Gasteiger partial charge on any atom is 0.326 e. The molecule has 0 saturated heterocycles. The van der Waals surface area contributed by atoms with Crippen molar-refractivity contribution in [3.05, 3.63) is 0 Å². The van der Waals surface area contributed by atoms with Gasteiger partial charge in [0.25, 0.3) is 0 Å². The summed E-state index contributed by atoms with van der Waals surface area (Å²) < 4.78 is 0. The molecule has 0 aliphatic heterocycles. The van der Waals surface area contributed by atoms with Crippen LogP contribution in [0.5, 0.6) is 0 Å². The van der Waals surface area contributed by atoms with Crippen molar-refractivity contribution in [3.8, 4) is 0 Å². The smallest absolute Gasteiger partial charge is 0.326 e. The number of hydrogen-bond acceptors (Lipinski definition) is 14. The fourth-order valence-electron chi connectivity index (χ4n) is 8.01. The molecule has 380 valence electrons. The molecule has 5 amide bonds. The first-order valence-electron chi connectivity index (χ1n) is 22.9.